The first-order chi connectivity index (χ1) is 16.3. The van der Waals surface area contributed by atoms with Gasteiger partial charge in [-0.25, -0.2) is 4.98 Å². The number of carbonyl (C=O) groups is 1. The molecular weight excluding hydrogens is 469 g/mol. The number of halogens is 4. The Morgan fingerprint density at radius 1 is 1.00 bits per heavy atom. The molecule has 0 atom stereocenters. The molecule has 0 saturated heterocycles. The maximum Gasteiger partial charge on any atom is 0.417 e. The fraction of sp³-hybridized carbons (Fsp3) is 0.125. The van der Waals surface area contributed by atoms with Crippen molar-refractivity contribution in [3.63, 3.8) is 0 Å². The zero-order chi connectivity index (χ0) is 24.1. The van der Waals surface area contributed by atoms with Crippen LogP contribution in [0.3, 0.4) is 0 Å². The average molecular weight is 487 g/mol. The molecule has 2 N–H and O–H groups in total. The van der Waals surface area contributed by atoms with Crippen molar-refractivity contribution >= 4 is 23.2 Å². The lowest BCUT2D eigenvalue weighted by molar-refractivity contribution is -0.137. The van der Waals surface area contributed by atoms with Gasteiger partial charge in [-0.1, -0.05) is 23.7 Å². The van der Waals surface area contributed by atoms with Crippen molar-refractivity contribution in [2.75, 3.05) is 5.32 Å². The van der Waals surface area contributed by atoms with Gasteiger partial charge in [-0.05, 0) is 48.4 Å². The third-order valence-electron chi connectivity index (χ3n) is 4.83. The largest absolute Gasteiger partial charge is 0.457 e. The van der Waals surface area contributed by atoms with Crippen molar-refractivity contribution in [1.29, 1.82) is 0 Å². The normalized spacial score (nSPS) is 11.3. The molecule has 0 unspecified atom stereocenters. The molecule has 0 aliphatic heterocycles. The maximum absolute atomic E-state index is 13.0. The Morgan fingerprint density at radius 2 is 1.79 bits per heavy atom. The number of pyridine rings is 1. The van der Waals surface area contributed by atoms with E-state index in [-0.39, 0.29) is 12.1 Å². The third-order valence-corrected chi connectivity index (χ3v) is 5.16. The molecule has 4 aromatic rings. The number of imidazole rings is 1. The molecule has 2 heterocycles. The van der Waals surface area contributed by atoms with Gasteiger partial charge in [0.1, 0.15) is 17.2 Å². The van der Waals surface area contributed by atoms with Crippen molar-refractivity contribution < 1.29 is 22.7 Å². The fourth-order valence-electron chi connectivity index (χ4n) is 3.17. The quantitative estimate of drug-likeness (QED) is 0.312. The molecule has 0 aliphatic rings. The molecule has 0 radical (unpaired) electrons. The number of amides is 1. The summed E-state index contributed by atoms with van der Waals surface area (Å²) in [5.74, 6) is 1.42. The standard InChI is InChI=1S/C24H18ClF3N4O2/c25-20-7-4-16(13-19(20)24(26,27)28)32-22(33)8-3-15-1-5-17(6-2-15)34-18-9-10-29-21(14-18)23-30-11-12-31-23/h1-2,4-7,9-14H,3,8H2,(H,30,31)(H,32,33). The summed E-state index contributed by atoms with van der Waals surface area (Å²) in [5.41, 5.74) is 0.568. The predicted molar refractivity (Wildman–Crippen MR) is 122 cm³/mol. The molecule has 34 heavy (non-hydrogen) atoms. The minimum Gasteiger partial charge on any atom is -0.457 e. The summed E-state index contributed by atoms with van der Waals surface area (Å²) in [6.45, 7) is 0. The molecule has 2 aromatic carbocycles. The summed E-state index contributed by atoms with van der Waals surface area (Å²) < 4.78 is 44.8. The van der Waals surface area contributed by atoms with Crippen molar-refractivity contribution in [2.24, 2.45) is 0 Å². The van der Waals surface area contributed by atoms with E-state index in [4.69, 9.17) is 16.3 Å². The van der Waals surface area contributed by atoms with E-state index in [0.717, 1.165) is 17.7 Å². The lowest BCUT2D eigenvalue weighted by atomic mass is 10.1. The van der Waals surface area contributed by atoms with Crippen molar-refractivity contribution in [3.05, 3.63) is 89.3 Å². The van der Waals surface area contributed by atoms with Crippen LogP contribution < -0.4 is 10.1 Å². The number of aromatic amines is 1. The van der Waals surface area contributed by atoms with E-state index >= 15 is 0 Å². The van der Waals surface area contributed by atoms with Crippen LogP contribution in [0.25, 0.3) is 11.5 Å². The second-order valence-electron chi connectivity index (χ2n) is 7.30. The minimum atomic E-state index is -4.60. The van der Waals surface area contributed by atoms with E-state index in [1.807, 2.05) is 12.1 Å². The highest BCUT2D eigenvalue weighted by molar-refractivity contribution is 6.31. The van der Waals surface area contributed by atoms with Gasteiger partial charge in [0.25, 0.3) is 0 Å². The molecule has 0 bridgehead atoms. The van der Waals surface area contributed by atoms with Crippen LogP contribution in [0.2, 0.25) is 5.02 Å². The maximum atomic E-state index is 13.0. The zero-order valence-corrected chi connectivity index (χ0v) is 18.3. The van der Waals surface area contributed by atoms with Crippen molar-refractivity contribution in [3.8, 4) is 23.0 Å². The second-order valence-corrected chi connectivity index (χ2v) is 7.71. The number of aromatic nitrogens is 3. The van der Waals surface area contributed by atoms with E-state index in [0.29, 0.717) is 29.4 Å². The second kappa shape index (κ2) is 9.96. The van der Waals surface area contributed by atoms with Gasteiger partial charge in [0.05, 0.1) is 10.6 Å². The molecule has 4 rings (SSSR count). The fourth-order valence-corrected chi connectivity index (χ4v) is 3.40. The number of nitrogens with one attached hydrogen (secondary N) is 2. The first-order valence-electron chi connectivity index (χ1n) is 10.2. The van der Waals surface area contributed by atoms with Crippen molar-refractivity contribution in [2.45, 2.75) is 19.0 Å². The monoisotopic (exact) mass is 486 g/mol. The van der Waals surface area contributed by atoms with Gasteiger partial charge in [-0.2, -0.15) is 13.2 Å². The molecule has 174 valence electrons. The summed E-state index contributed by atoms with van der Waals surface area (Å²) in [6, 6.07) is 13.9. The first kappa shape index (κ1) is 23.3. The molecule has 0 fully saturated rings. The van der Waals surface area contributed by atoms with Gasteiger partial charge < -0.3 is 15.0 Å². The van der Waals surface area contributed by atoms with Gasteiger partial charge in [-0.3, -0.25) is 9.78 Å². The number of alkyl halides is 3. The van der Waals surface area contributed by atoms with Gasteiger partial charge in [0.15, 0.2) is 5.82 Å². The van der Waals surface area contributed by atoms with E-state index in [2.05, 4.69) is 20.3 Å². The van der Waals surface area contributed by atoms with E-state index in [1.54, 1.807) is 42.9 Å². The van der Waals surface area contributed by atoms with Gasteiger partial charge >= 0.3 is 6.18 Å². The Balaban J connectivity index is 1.32. The molecular formula is C24H18ClF3N4O2. The van der Waals surface area contributed by atoms with Gasteiger partial charge in [0.2, 0.25) is 5.91 Å². The summed E-state index contributed by atoms with van der Waals surface area (Å²) >= 11 is 5.60. The number of aryl methyl sites for hydroxylation is 1. The Bertz CT molecular complexity index is 1280. The van der Waals surface area contributed by atoms with Crippen LogP contribution in [0.15, 0.2) is 73.2 Å². The Hall–Kier alpha value is -3.85. The predicted octanol–water partition coefficient (Wildman–Crippen LogP) is 6.51. The number of anilines is 1. The summed E-state index contributed by atoms with van der Waals surface area (Å²) in [4.78, 5) is 23.6. The lowest BCUT2D eigenvalue weighted by Crippen LogP contribution is -2.13. The molecule has 0 spiro atoms. The van der Waals surface area contributed by atoms with Crippen LogP contribution in [0.1, 0.15) is 17.5 Å². The molecule has 2 aromatic heterocycles. The highest BCUT2D eigenvalue weighted by Crippen LogP contribution is 2.36. The average Bonchev–Trinajstić information content (AvgIpc) is 3.35. The number of ether oxygens (including phenoxy) is 1. The van der Waals surface area contributed by atoms with E-state index < -0.39 is 22.7 Å². The number of hydrogen-bond acceptors (Lipinski definition) is 4. The number of carbonyl (C=O) groups excluding carboxylic acids is 1. The Morgan fingerprint density at radius 3 is 2.50 bits per heavy atom. The highest BCUT2D eigenvalue weighted by atomic mass is 35.5. The smallest absolute Gasteiger partial charge is 0.417 e. The van der Waals surface area contributed by atoms with Crippen LogP contribution in [0.5, 0.6) is 11.5 Å². The number of benzene rings is 2. The van der Waals surface area contributed by atoms with Crippen molar-refractivity contribution in [1.82, 2.24) is 15.0 Å². The Labute approximate surface area is 197 Å². The Kier molecular flexibility index (Phi) is 6.83. The summed E-state index contributed by atoms with van der Waals surface area (Å²) in [7, 11) is 0. The van der Waals surface area contributed by atoms with Gasteiger partial charge in [-0.15, -0.1) is 0 Å². The number of hydrogen-bond donors (Lipinski definition) is 2. The van der Waals surface area contributed by atoms with Gasteiger partial charge in [0, 0.05) is 36.8 Å². The van der Waals surface area contributed by atoms with E-state index in [9.17, 15) is 18.0 Å². The molecule has 0 aliphatic carbocycles. The minimum absolute atomic E-state index is 0.0386. The number of nitrogens with zero attached hydrogens (tertiary/aromatic N) is 2. The van der Waals surface area contributed by atoms with Crippen LogP contribution >= 0.6 is 11.6 Å². The van der Waals surface area contributed by atoms with Crippen LogP contribution in [0.4, 0.5) is 18.9 Å². The highest BCUT2D eigenvalue weighted by Gasteiger charge is 2.33. The summed E-state index contributed by atoms with van der Waals surface area (Å²) in [5, 5.41) is 2.06. The summed E-state index contributed by atoms with van der Waals surface area (Å²) in [6.07, 6.45) is 0.874. The third kappa shape index (κ3) is 5.93. The molecule has 10 heteroatoms. The van der Waals surface area contributed by atoms with Crippen LogP contribution in [-0.2, 0) is 17.4 Å². The van der Waals surface area contributed by atoms with Crippen LogP contribution in [-0.4, -0.2) is 20.9 Å². The zero-order valence-electron chi connectivity index (χ0n) is 17.6. The molecule has 6 nitrogen and oxygen atoms in total. The van der Waals surface area contributed by atoms with E-state index in [1.165, 1.54) is 6.07 Å². The molecule has 0 saturated carbocycles. The number of H-pyrrole nitrogens is 1. The molecule has 1 amide bonds. The first-order valence-corrected chi connectivity index (χ1v) is 10.5. The SMILES string of the molecule is O=C(CCc1ccc(Oc2ccnc(-c3ncc[nH]3)c2)cc1)Nc1ccc(Cl)c(C(F)(F)F)c1. The van der Waals surface area contributed by atoms with Crippen LogP contribution in [0, 0.1) is 0 Å². The lowest BCUT2D eigenvalue weighted by Gasteiger charge is -2.12. The topological polar surface area (TPSA) is 79.9 Å². The number of rotatable bonds is 7.